The topological polar surface area (TPSA) is 61.0 Å². The number of nitrogens with two attached hydrogens (primary N) is 1. The minimum atomic E-state index is 0.451. The lowest BCUT2D eigenvalue weighted by Crippen LogP contribution is -2.04. The zero-order valence-corrected chi connectivity index (χ0v) is 8.18. The molecular formula is C8H9N3OS. The Morgan fingerprint density at radius 1 is 1.38 bits per heavy atom. The molecule has 13 heavy (non-hydrogen) atoms. The second-order valence-electron chi connectivity index (χ2n) is 2.76. The van der Waals surface area contributed by atoms with Crippen LogP contribution in [0.25, 0.3) is 10.2 Å². The molecule has 2 heterocycles. The fraction of sp³-hybridized carbons (Fsp3) is 0.250. The molecule has 5 heteroatoms. The van der Waals surface area contributed by atoms with Crippen molar-refractivity contribution in [3.05, 3.63) is 16.8 Å². The molecule has 0 aromatic carbocycles. The van der Waals surface area contributed by atoms with Gasteiger partial charge in [-0.2, -0.15) is 10.9 Å². The van der Waals surface area contributed by atoms with Gasteiger partial charge in [0.05, 0.1) is 5.39 Å². The van der Waals surface area contributed by atoms with Crippen molar-refractivity contribution in [3.8, 4) is 5.88 Å². The van der Waals surface area contributed by atoms with Gasteiger partial charge in [0.1, 0.15) is 11.2 Å². The van der Waals surface area contributed by atoms with Crippen LogP contribution in [0.5, 0.6) is 5.88 Å². The van der Waals surface area contributed by atoms with E-state index in [0.29, 0.717) is 5.88 Å². The van der Waals surface area contributed by atoms with Crippen LogP contribution in [0.3, 0.4) is 0 Å². The van der Waals surface area contributed by atoms with Gasteiger partial charge in [-0.1, -0.05) is 0 Å². The fourth-order valence-corrected chi connectivity index (χ4v) is 2.23. The van der Waals surface area contributed by atoms with Crippen molar-refractivity contribution >= 4 is 21.6 Å². The molecule has 0 amide bonds. The molecule has 4 nitrogen and oxygen atoms in total. The van der Waals surface area contributed by atoms with Crippen LogP contribution in [-0.2, 0) is 0 Å². The summed E-state index contributed by atoms with van der Waals surface area (Å²) in [4.78, 5) is 14.9. The van der Waals surface area contributed by atoms with E-state index in [9.17, 15) is 0 Å². The zero-order chi connectivity index (χ0) is 9.42. The molecule has 0 spiro atoms. The highest BCUT2D eigenvalue weighted by Crippen LogP contribution is 2.32. The summed E-state index contributed by atoms with van der Waals surface area (Å²) in [6.07, 6.45) is 1.46. The molecule has 0 bridgehead atoms. The molecule has 2 aromatic heterocycles. The molecule has 0 radical (unpaired) electrons. The molecule has 0 aliphatic rings. The van der Waals surface area contributed by atoms with E-state index in [1.807, 2.05) is 13.8 Å². The number of nitrogens with zero attached hydrogens (tertiary/aromatic N) is 2. The van der Waals surface area contributed by atoms with Crippen LogP contribution >= 0.6 is 11.3 Å². The number of aromatic nitrogens is 2. The van der Waals surface area contributed by atoms with E-state index in [1.165, 1.54) is 11.2 Å². The standard InChI is InChI=1S/C8H9N3OS/c1-4-5(2)13-8-6(4)7(12-9)10-3-11-8/h3H,9H2,1-2H3. The molecule has 0 atom stereocenters. The predicted octanol–water partition coefficient (Wildman–Crippen LogP) is 1.56. The molecule has 0 fully saturated rings. The second-order valence-corrected chi connectivity index (χ2v) is 3.96. The van der Waals surface area contributed by atoms with Gasteiger partial charge in [0, 0.05) is 4.88 Å². The van der Waals surface area contributed by atoms with E-state index in [4.69, 9.17) is 5.90 Å². The lowest BCUT2D eigenvalue weighted by molar-refractivity contribution is 0.325. The maximum atomic E-state index is 5.11. The van der Waals surface area contributed by atoms with Crippen molar-refractivity contribution in [1.29, 1.82) is 0 Å². The van der Waals surface area contributed by atoms with Crippen LogP contribution in [-0.4, -0.2) is 9.97 Å². The molecule has 0 aliphatic carbocycles. The molecule has 0 saturated carbocycles. The smallest absolute Gasteiger partial charge is 0.249 e. The third-order valence-electron chi connectivity index (χ3n) is 2.04. The molecule has 0 saturated heterocycles. The maximum Gasteiger partial charge on any atom is 0.249 e. The third kappa shape index (κ3) is 1.16. The number of hydrogen-bond donors (Lipinski definition) is 1. The number of thiophene rings is 1. The molecular weight excluding hydrogens is 186 g/mol. The van der Waals surface area contributed by atoms with Crippen LogP contribution in [0.2, 0.25) is 0 Å². The zero-order valence-electron chi connectivity index (χ0n) is 7.37. The van der Waals surface area contributed by atoms with Crippen molar-refractivity contribution < 1.29 is 4.84 Å². The molecule has 0 aliphatic heterocycles. The first-order chi connectivity index (χ1) is 6.24. The van der Waals surface area contributed by atoms with E-state index in [0.717, 1.165) is 15.8 Å². The Kier molecular flexibility index (Phi) is 1.90. The summed E-state index contributed by atoms with van der Waals surface area (Å²) in [6, 6.07) is 0. The van der Waals surface area contributed by atoms with E-state index in [-0.39, 0.29) is 0 Å². The number of hydrogen-bond acceptors (Lipinski definition) is 5. The van der Waals surface area contributed by atoms with Crippen molar-refractivity contribution in [2.75, 3.05) is 0 Å². The number of rotatable bonds is 1. The fourth-order valence-electron chi connectivity index (χ4n) is 1.24. The quantitative estimate of drug-likeness (QED) is 0.701. The Hall–Kier alpha value is -1.20. The summed E-state index contributed by atoms with van der Waals surface area (Å²) < 4.78 is 0. The Morgan fingerprint density at radius 2 is 2.15 bits per heavy atom. The van der Waals surface area contributed by atoms with Crippen molar-refractivity contribution in [2.45, 2.75) is 13.8 Å². The van der Waals surface area contributed by atoms with Gasteiger partial charge in [0.25, 0.3) is 0 Å². The van der Waals surface area contributed by atoms with Gasteiger partial charge in [0.15, 0.2) is 0 Å². The van der Waals surface area contributed by atoms with E-state index in [1.54, 1.807) is 11.3 Å². The Balaban J connectivity index is 2.87. The summed E-state index contributed by atoms with van der Waals surface area (Å²) in [6.45, 7) is 4.06. The first-order valence-corrected chi connectivity index (χ1v) is 4.63. The average molecular weight is 195 g/mol. The van der Waals surface area contributed by atoms with Gasteiger partial charge in [-0.15, -0.1) is 11.3 Å². The maximum absolute atomic E-state index is 5.11. The van der Waals surface area contributed by atoms with Crippen molar-refractivity contribution in [2.24, 2.45) is 5.90 Å². The lowest BCUT2D eigenvalue weighted by atomic mass is 10.2. The number of aryl methyl sites for hydroxylation is 2. The van der Waals surface area contributed by atoms with Crippen molar-refractivity contribution in [1.82, 2.24) is 9.97 Å². The minimum absolute atomic E-state index is 0.451. The summed E-state index contributed by atoms with van der Waals surface area (Å²) >= 11 is 1.62. The van der Waals surface area contributed by atoms with E-state index < -0.39 is 0 Å². The Morgan fingerprint density at radius 3 is 2.85 bits per heavy atom. The molecule has 0 unspecified atom stereocenters. The summed E-state index contributed by atoms with van der Waals surface area (Å²) in [5.41, 5.74) is 1.14. The predicted molar refractivity (Wildman–Crippen MR) is 51.7 cm³/mol. The molecule has 2 rings (SSSR count). The summed E-state index contributed by atoms with van der Waals surface area (Å²) in [5, 5.41) is 0.924. The average Bonchev–Trinajstić information content (AvgIpc) is 2.43. The largest absolute Gasteiger partial charge is 0.390 e. The molecule has 68 valence electrons. The van der Waals surface area contributed by atoms with E-state index in [2.05, 4.69) is 14.8 Å². The van der Waals surface area contributed by atoms with E-state index >= 15 is 0 Å². The van der Waals surface area contributed by atoms with Crippen LogP contribution in [0.1, 0.15) is 10.4 Å². The second kappa shape index (κ2) is 2.93. The van der Waals surface area contributed by atoms with Crippen molar-refractivity contribution in [3.63, 3.8) is 0 Å². The van der Waals surface area contributed by atoms with Crippen LogP contribution in [0.4, 0.5) is 0 Å². The van der Waals surface area contributed by atoms with Gasteiger partial charge in [-0.05, 0) is 19.4 Å². The normalized spacial score (nSPS) is 10.7. The highest BCUT2D eigenvalue weighted by molar-refractivity contribution is 7.18. The molecule has 2 N–H and O–H groups in total. The van der Waals surface area contributed by atoms with Gasteiger partial charge in [-0.25, -0.2) is 4.98 Å². The van der Waals surface area contributed by atoms with Gasteiger partial charge < -0.3 is 4.84 Å². The first-order valence-electron chi connectivity index (χ1n) is 3.81. The monoisotopic (exact) mass is 195 g/mol. The summed E-state index contributed by atoms with van der Waals surface area (Å²) in [5.74, 6) is 5.56. The van der Waals surface area contributed by atoms with Crippen LogP contribution in [0.15, 0.2) is 6.33 Å². The highest BCUT2D eigenvalue weighted by atomic mass is 32.1. The van der Waals surface area contributed by atoms with Gasteiger partial charge >= 0.3 is 0 Å². The van der Waals surface area contributed by atoms with Gasteiger partial charge in [-0.3, -0.25) is 0 Å². The SMILES string of the molecule is Cc1sc2ncnc(ON)c2c1C. The molecule has 2 aromatic rings. The Bertz CT molecular complexity index is 452. The van der Waals surface area contributed by atoms with Crippen LogP contribution in [0, 0.1) is 13.8 Å². The summed E-state index contributed by atoms with van der Waals surface area (Å²) in [7, 11) is 0. The van der Waals surface area contributed by atoms with Gasteiger partial charge in [0.2, 0.25) is 5.88 Å². The first kappa shape index (κ1) is 8.40. The minimum Gasteiger partial charge on any atom is -0.390 e. The van der Waals surface area contributed by atoms with Crippen LogP contribution < -0.4 is 10.7 Å². The number of fused-ring (bicyclic) bond motifs is 1. The lowest BCUT2D eigenvalue weighted by Gasteiger charge is -1.98. The Labute approximate surface area is 79.3 Å². The third-order valence-corrected chi connectivity index (χ3v) is 3.16. The highest BCUT2D eigenvalue weighted by Gasteiger charge is 2.11.